The van der Waals surface area contributed by atoms with Crippen LogP contribution in [0.2, 0.25) is 0 Å². The predicted octanol–water partition coefficient (Wildman–Crippen LogP) is 2.93. The number of para-hydroxylation sites is 1. The summed E-state index contributed by atoms with van der Waals surface area (Å²) >= 11 is 0. The second-order valence-corrected chi connectivity index (χ2v) is 8.36. The van der Waals surface area contributed by atoms with Crippen molar-refractivity contribution in [1.29, 1.82) is 0 Å². The third-order valence-corrected chi connectivity index (χ3v) is 6.16. The number of aliphatic imine (C=N–C) groups is 1. The molecule has 1 amide bonds. The highest BCUT2D eigenvalue weighted by Gasteiger charge is 2.23. The predicted molar refractivity (Wildman–Crippen MR) is 126 cm³/mol. The Balaban J connectivity index is 1.23. The van der Waals surface area contributed by atoms with Gasteiger partial charge in [0.05, 0.1) is 6.54 Å². The third kappa shape index (κ3) is 5.64. The lowest BCUT2D eigenvalue weighted by atomic mass is 10.1. The molecule has 0 radical (unpaired) electrons. The van der Waals surface area contributed by atoms with Crippen LogP contribution in [0.4, 0.5) is 5.69 Å². The number of rotatable bonds is 6. The lowest BCUT2D eigenvalue weighted by molar-refractivity contribution is -0.117. The molecule has 6 heteroatoms. The SMILES string of the molecule is CN=C(NCC(=O)N1CCc2ccccc21)NCc1ccc(CN2CCCCC2)cc1. The number of anilines is 1. The van der Waals surface area contributed by atoms with Crippen LogP contribution in [0, 0.1) is 0 Å². The Morgan fingerprint density at radius 1 is 0.935 bits per heavy atom. The summed E-state index contributed by atoms with van der Waals surface area (Å²) in [6.07, 6.45) is 4.93. The fourth-order valence-corrected chi connectivity index (χ4v) is 4.40. The molecule has 0 aliphatic carbocycles. The highest BCUT2D eigenvalue weighted by molar-refractivity contribution is 5.98. The van der Waals surface area contributed by atoms with Crippen LogP contribution in [-0.2, 0) is 24.3 Å². The van der Waals surface area contributed by atoms with Gasteiger partial charge in [0.25, 0.3) is 0 Å². The number of carbonyl (C=O) groups is 1. The van der Waals surface area contributed by atoms with E-state index in [1.807, 2.05) is 23.1 Å². The number of piperidine rings is 1. The van der Waals surface area contributed by atoms with Crippen LogP contribution in [0.5, 0.6) is 0 Å². The van der Waals surface area contributed by atoms with Crippen LogP contribution in [0.1, 0.15) is 36.0 Å². The lowest BCUT2D eigenvalue weighted by Crippen LogP contribution is -2.44. The van der Waals surface area contributed by atoms with Gasteiger partial charge in [0.1, 0.15) is 0 Å². The molecule has 6 nitrogen and oxygen atoms in total. The molecule has 4 rings (SSSR count). The first-order valence-electron chi connectivity index (χ1n) is 11.4. The number of likely N-dealkylation sites (tertiary alicyclic amines) is 1. The monoisotopic (exact) mass is 419 g/mol. The zero-order chi connectivity index (χ0) is 21.5. The van der Waals surface area contributed by atoms with Crippen molar-refractivity contribution in [3.63, 3.8) is 0 Å². The van der Waals surface area contributed by atoms with E-state index in [0.717, 1.165) is 25.2 Å². The van der Waals surface area contributed by atoms with E-state index < -0.39 is 0 Å². The molecule has 31 heavy (non-hydrogen) atoms. The quantitative estimate of drug-likeness (QED) is 0.558. The maximum Gasteiger partial charge on any atom is 0.246 e. The van der Waals surface area contributed by atoms with Gasteiger partial charge in [-0.15, -0.1) is 0 Å². The number of fused-ring (bicyclic) bond motifs is 1. The second kappa shape index (κ2) is 10.4. The number of benzene rings is 2. The highest BCUT2D eigenvalue weighted by atomic mass is 16.2. The molecule has 0 atom stereocenters. The maximum absolute atomic E-state index is 12.7. The van der Waals surface area contributed by atoms with Gasteiger partial charge >= 0.3 is 0 Å². The van der Waals surface area contributed by atoms with Crippen LogP contribution >= 0.6 is 0 Å². The first kappa shape index (κ1) is 21.4. The van der Waals surface area contributed by atoms with E-state index in [4.69, 9.17) is 0 Å². The van der Waals surface area contributed by atoms with Crippen molar-refractivity contribution in [3.8, 4) is 0 Å². The summed E-state index contributed by atoms with van der Waals surface area (Å²) in [4.78, 5) is 21.3. The Kier molecular flexibility index (Phi) is 7.20. The van der Waals surface area contributed by atoms with Gasteiger partial charge in [-0.05, 0) is 55.1 Å². The highest BCUT2D eigenvalue weighted by Crippen LogP contribution is 2.27. The van der Waals surface area contributed by atoms with Gasteiger partial charge in [0.15, 0.2) is 5.96 Å². The van der Waals surface area contributed by atoms with E-state index in [1.165, 1.54) is 49.0 Å². The minimum absolute atomic E-state index is 0.0648. The number of carbonyl (C=O) groups excluding carboxylic acids is 1. The number of hydrogen-bond acceptors (Lipinski definition) is 3. The molecule has 2 heterocycles. The Hall–Kier alpha value is -2.86. The average molecular weight is 420 g/mol. The zero-order valence-corrected chi connectivity index (χ0v) is 18.4. The molecular formula is C25H33N5O. The van der Waals surface area contributed by atoms with E-state index in [9.17, 15) is 4.79 Å². The topological polar surface area (TPSA) is 60.0 Å². The molecule has 2 aromatic rings. The lowest BCUT2D eigenvalue weighted by Gasteiger charge is -2.26. The molecule has 0 spiro atoms. The largest absolute Gasteiger partial charge is 0.352 e. The molecule has 1 saturated heterocycles. The van der Waals surface area contributed by atoms with Crippen LogP contribution in [-0.4, -0.2) is 50.0 Å². The van der Waals surface area contributed by atoms with Crippen LogP contribution in [0.15, 0.2) is 53.5 Å². The molecule has 2 aliphatic heterocycles. The Labute approximate surface area is 185 Å². The van der Waals surface area contributed by atoms with E-state index >= 15 is 0 Å². The van der Waals surface area contributed by atoms with Crippen LogP contribution < -0.4 is 15.5 Å². The molecule has 0 bridgehead atoms. The standard InChI is InChI=1S/C25H33N5O/c1-26-25(28-18-24(31)30-16-13-22-7-3-4-8-23(22)30)27-17-20-9-11-21(12-10-20)19-29-14-5-2-6-15-29/h3-4,7-12H,2,5-6,13-19H2,1H3,(H2,26,27,28). The van der Waals surface area contributed by atoms with Crippen LogP contribution in [0.25, 0.3) is 0 Å². The van der Waals surface area contributed by atoms with Gasteiger partial charge in [-0.3, -0.25) is 14.7 Å². The van der Waals surface area contributed by atoms with Crippen molar-refractivity contribution in [2.24, 2.45) is 4.99 Å². The number of guanidine groups is 1. The molecule has 2 N–H and O–H groups in total. The normalized spacial score (nSPS) is 16.8. The van der Waals surface area contributed by atoms with E-state index in [-0.39, 0.29) is 12.5 Å². The Morgan fingerprint density at radius 3 is 2.45 bits per heavy atom. The fourth-order valence-electron chi connectivity index (χ4n) is 4.40. The number of nitrogens with zero attached hydrogens (tertiary/aromatic N) is 3. The first-order valence-corrected chi connectivity index (χ1v) is 11.4. The number of hydrogen-bond donors (Lipinski definition) is 2. The molecule has 0 saturated carbocycles. The van der Waals surface area contributed by atoms with Gasteiger partial charge in [-0.25, -0.2) is 0 Å². The smallest absolute Gasteiger partial charge is 0.246 e. The summed E-state index contributed by atoms with van der Waals surface area (Å²) in [5, 5.41) is 6.46. The molecule has 164 valence electrons. The molecule has 0 unspecified atom stereocenters. The second-order valence-electron chi connectivity index (χ2n) is 8.36. The summed E-state index contributed by atoms with van der Waals surface area (Å²) < 4.78 is 0. The molecular weight excluding hydrogens is 386 g/mol. The molecule has 2 aromatic carbocycles. The van der Waals surface area contributed by atoms with Gasteiger partial charge < -0.3 is 15.5 Å². The first-order chi connectivity index (χ1) is 15.2. The van der Waals surface area contributed by atoms with Crippen molar-refractivity contribution >= 4 is 17.6 Å². The zero-order valence-electron chi connectivity index (χ0n) is 18.4. The minimum atomic E-state index is 0.0648. The van der Waals surface area contributed by atoms with Crippen molar-refractivity contribution < 1.29 is 4.79 Å². The van der Waals surface area contributed by atoms with Crippen molar-refractivity contribution in [1.82, 2.24) is 15.5 Å². The van der Waals surface area contributed by atoms with Gasteiger partial charge in [0.2, 0.25) is 5.91 Å². The summed E-state index contributed by atoms with van der Waals surface area (Å²) in [7, 11) is 1.73. The van der Waals surface area contributed by atoms with E-state index in [0.29, 0.717) is 12.5 Å². The summed E-state index contributed by atoms with van der Waals surface area (Å²) in [6.45, 7) is 5.11. The summed E-state index contributed by atoms with van der Waals surface area (Å²) in [5.41, 5.74) is 4.83. The van der Waals surface area contributed by atoms with Gasteiger partial charge in [-0.1, -0.05) is 48.9 Å². The van der Waals surface area contributed by atoms with Crippen LogP contribution in [0.3, 0.4) is 0 Å². The minimum Gasteiger partial charge on any atom is -0.352 e. The van der Waals surface area contributed by atoms with Crippen molar-refractivity contribution in [2.75, 3.05) is 38.1 Å². The van der Waals surface area contributed by atoms with Gasteiger partial charge in [0, 0.05) is 32.4 Å². The molecule has 2 aliphatic rings. The number of nitrogens with one attached hydrogen (secondary N) is 2. The Bertz CT molecular complexity index is 902. The maximum atomic E-state index is 12.7. The third-order valence-electron chi connectivity index (χ3n) is 6.16. The van der Waals surface area contributed by atoms with Crippen molar-refractivity contribution in [2.45, 2.75) is 38.8 Å². The average Bonchev–Trinajstić information content (AvgIpc) is 3.25. The molecule has 0 aromatic heterocycles. The van der Waals surface area contributed by atoms with E-state index in [2.05, 4.69) is 50.9 Å². The van der Waals surface area contributed by atoms with Gasteiger partial charge in [-0.2, -0.15) is 0 Å². The number of amides is 1. The Morgan fingerprint density at radius 2 is 1.68 bits per heavy atom. The fraction of sp³-hybridized carbons (Fsp3) is 0.440. The van der Waals surface area contributed by atoms with Crippen molar-refractivity contribution in [3.05, 3.63) is 65.2 Å². The summed E-state index contributed by atoms with van der Waals surface area (Å²) in [5.74, 6) is 0.702. The van der Waals surface area contributed by atoms with E-state index in [1.54, 1.807) is 7.05 Å². The molecule has 1 fully saturated rings. The summed E-state index contributed by atoms with van der Waals surface area (Å²) in [6, 6.07) is 16.9.